The van der Waals surface area contributed by atoms with E-state index in [0.29, 0.717) is 5.69 Å². The maximum atomic E-state index is 7.31. The fourth-order valence-electron chi connectivity index (χ4n) is 1.30. The number of unbranched alkanes of at least 4 members (excludes halogenated alkanes) is 1. The molecule has 82 valence electrons. The highest BCUT2D eigenvalue weighted by atomic mass is 15.2. The lowest BCUT2D eigenvalue weighted by molar-refractivity contribution is 0.759. The molecule has 0 saturated heterocycles. The summed E-state index contributed by atoms with van der Waals surface area (Å²) in [5, 5.41) is 7.31. The zero-order chi connectivity index (χ0) is 11.3. The van der Waals surface area contributed by atoms with Crippen LogP contribution in [-0.2, 0) is 0 Å². The van der Waals surface area contributed by atoms with E-state index >= 15 is 0 Å². The van der Waals surface area contributed by atoms with Crippen molar-refractivity contribution in [2.24, 2.45) is 5.73 Å². The van der Waals surface area contributed by atoms with Gasteiger partial charge in [-0.05, 0) is 18.6 Å². The molecule has 1 aromatic rings. The molecule has 1 heterocycles. The third-order valence-electron chi connectivity index (χ3n) is 2.25. The van der Waals surface area contributed by atoms with Gasteiger partial charge in [-0.2, -0.15) is 0 Å². The van der Waals surface area contributed by atoms with Crippen molar-refractivity contribution in [3.63, 3.8) is 0 Å². The Kier molecular flexibility index (Phi) is 4.09. The lowest BCUT2D eigenvalue weighted by atomic mass is 10.3. The van der Waals surface area contributed by atoms with Crippen LogP contribution in [0.3, 0.4) is 0 Å². The number of nitrogens with two attached hydrogens (primary N) is 1. The van der Waals surface area contributed by atoms with Gasteiger partial charge in [0.1, 0.15) is 17.3 Å². The summed E-state index contributed by atoms with van der Waals surface area (Å²) < 4.78 is 0. The van der Waals surface area contributed by atoms with Gasteiger partial charge in [0.15, 0.2) is 0 Å². The minimum Gasteiger partial charge on any atom is -0.382 e. The van der Waals surface area contributed by atoms with E-state index in [1.165, 1.54) is 0 Å². The second-order valence-electron chi connectivity index (χ2n) is 3.57. The molecule has 0 atom stereocenters. The molecule has 1 rings (SSSR count). The summed E-state index contributed by atoms with van der Waals surface area (Å²) >= 11 is 0. The van der Waals surface area contributed by atoms with Crippen LogP contribution in [0.15, 0.2) is 18.2 Å². The van der Waals surface area contributed by atoms with Crippen molar-refractivity contribution in [3.05, 3.63) is 23.9 Å². The summed E-state index contributed by atoms with van der Waals surface area (Å²) in [5.74, 6) is 0.886. The monoisotopic (exact) mass is 206 g/mol. The van der Waals surface area contributed by atoms with Gasteiger partial charge in [0, 0.05) is 13.6 Å². The Morgan fingerprint density at radius 1 is 1.53 bits per heavy atom. The average Bonchev–Trinajstić information content (AvgIpc) is 2.26. The van der Waals surface area contributed by atoms with E-state index in [0.717, 1.165) is 25.2 Å². The number of rotatable bonds is 5. The molecule has 0 fully saturated rings. The lowest BCUT2D eigenvalue weighted by Gasteiger charge is -2.18. The molecule has 0 bridgehead atoms. The van der Waals surface area contributed by atoms with Crippen LogP contribution in [0.2, 0.25) is 0 Å². The summed E-state index contributed by atoms with van der Waals surface area (Å²) in [7, 11) is 2.00. The number of aromatic nitrogens is 1. The number of nitrogens with one attached hydrogen (secondary N) is 1. The minimum absolute atomic E-state index is 0.0146. The van der Waals surface area contributed by atoms with Crippen LogP contribution in [0.5, 0.6) is 0 Å². The lowest BCUT2D eigenvalue weighted by Crippen LogP contribution is -2.21. The Balaban J connectivity index is 2.76. The molecular formula is C11H18N4. The molecule has 0 saturated carbocycles. The molecule has 0 aliphatic rings. The second kappa shape index (κ2) is 5.34. The molecule has 0 aromatic carbocycles. The zero-order valence-electron chi connectivity index (χ0n) is 9.33. The van der Waals surface area contributed by atoms with Crippen LogP contribution in [0.1, 0.15) is 25.5 Å². The van der Waals surface area contributed by atoms with Gasteiger partial charge in [0.2, 0.25) is 0 Å². The smallest absolute Gasteiger partial charge is 0.141 e. The maximum Gasteiger partial charge on any atom is 0.141 e. The number of hydrogen-bond donors (Lipinski definition) is 2. The van der Waals surface area contributed by atoms with Crippen LogP contribution in [0, 0.1) is 5.41 Å². The number of hydrogen-bond acceptors (Lipinski definition) is 3. The first kappa shape index (κ1) is 11.5. The van der Waals surface area contributed by atoms with Gasteiger partial charge >= 0.3 is 0 Å². The van der Waals surface area contributed by atoms with E-state index in [-0.39, 0.29) is 5.84 Å². The molecule has 0 amide bonds. The van der Waals surface area contributed by atoms with Crippen LogP contribution in [0.4, 0.5) is 5.82 Å². The van der Waals surface area contributed by atoms with E-state index in [1.807, 2.05) is 19.2 Å². The van der Waals surface area contributed by atoms with Gasteiger partial charge in [-0.3, -0.25) is 5.41 Å². The first-order valence-corrected chi connectivity index (χ1v) is 5.17. The fourth-order valence-corrected chi connectivity index (χ4v) is 1.30. The van der Waals surface area contributed by atoms with Crippen molar-refractivity contribution in [1.29, 1.82) is 5.41 Å². The molecule has 0 unspecified atom stereocenters. The first-order valence-electron chi connectivity index (χ1n) is 5.17. The minimum atomic E-state index is 0.0146. The Labute approximate surface area is 90.6 Å². The molecule has 4 nitrogen and oxygen atoms in total. The predicted octanol–water partition coefficient (Wildman–Crippen LogP) is 1.60. The number of anilines is 1. The molecule has 0 spiro atoms. The van der Waals surface area contributed by atoms with Gasteiger partial charge in [-0.15, -0.1) is 0 Å². The highest BCUT2D eigenvalue weighted by Crippen LogP contribution is 2.10. The van der Waals surface area contributed by atoms with Crippen molar-refractivity contribution in [2.75, 3.05) is 18.5 Å². The van der Waals surface area contributed by atoms with Gasteiger partial charge in [-0.25, -0.2) is 4.98 Å². The zero-order valence-corrected chi connectivity index (χ0v) is 9.33. The third-order valence-corrected chi connectivity index (χ3v) is 2.25. The average molecular weight is 206 g/mol. The summed E-state index contributed by atoms with van der Waals surface area (Å²) in [4.78, 5) is 6.38. The predicted molar refractivity (Wildman–Crippen MR) is 63.4 cm³/mol. The van der Waals surface area contributed by atoms with E-state index < -0.39 is 0 Å². The Morgan fingerprint density at radius 3 is 2.87 bits per heavy atom. The SMILES string of the molecule is CCCCN(C)c1cccc(C(=N)N)n1. The van der Waals surface area contributed by atoms with E-state index in [2.05, 4.69) is 16.8 Å². The van der Waals surface area contributed by atoms with Crippen LogP contribution in [-0.4, -0.2) is 24.4 Å². The van der Waals surface area contributed by atoms with Crippen molar-refractivity contribution >= 4 is 11.7 Å². The summed E-state index contributed by atoms with van der Waals surface area (Å²) in [6, 6.07) is 5.56. The van der Waals surface area contributed by atoms with Crippen molar-refractivity contribution in [3.8, 4) is 0 Å². The molecule has 0 aliphatic heterocycles. The molecule has 4 heteroatoms. The van der Waals surface area contributed by atoms with Crippen molar-refractivity contribution in [2.45, 2.75) is 19.8 Å². The van der Waals surface area contributed by atoms with E-state index in [9.17, 15) is 0 Å². The normalized spacial score (nSPS) is 10.0. The van der Waals surface area contributed by atoms with Crippen molar-refractivity contribution < 1.29 is 0 Å². The molecule has 15 heavy (non-hydrogen) atoms. The molecule has 1 aromatic heterocycles. The Hall–Kier alpha value is -1.58. The molecule has 3 N–H and O–H groups in total. The van der Waals surface area contributed by atoms with Crippen LogP contribution >= 0.6 is 0 Å². The number of nitrogen functional groups attached to an aromatic ring is 1. The largest absolute Gasteiger partial charge is 0.382 e. The van der Waals surface area contributed by atoms with Gasteiger partial charge < -0.3 is 10.6 Å². The van der Waals surface area contributed by atoms with Crippen LogP contribution < -0.4 is 10.6 Å². The highest BCUT2D eigenvalue weighted by molar-refractivity contribution is 5.93. The van der Waals surface area contributed by atoms with Gasteiger partial charge in [0.25, 0.3) is 0 Å². The van der Waals surface area contributed by atoms with E-state index in [4.69, 9.17) is 11.1 Å². The van der Waals surface area contributed by atoms with Crippen LogP contribution in [0.25, 0.3) is 0 Å². The molecular weight excluding hydrogens is 188 g/mol. The van der Waals surface area contributed by atoms with Gasteiger partial charge in [0.05, 0.1) is 0 Å². The Bertz CT molecular complexity index is 335. The summed E-state index contributed by atoms with van der Waals surface area (Å²) in [6.07, 6.45) is 2.30. The summed E-state index contributed by atoms with van der Waals surface area (Å²) in [5.41, 5.74) is 5.92. The van der Waals surface area contributed by atoms with Crippen molar-refractivity contribution in [1.82, 2.24) is 4.98 Å². The fraction of sp³-hybridized carbons (Fsp3) is 0.455. The number of pyridine rings is 1. The van der Waals surface area contributed by atoms with Gasteiger partial charge in [-0.1, -0.05) is 19.4 Å². The first-order chi connectivity index (χ1) is 7.15. The maximum absolute atomic E-state index is 7.31. The number of amidine groups is 1. The quantitative estimate of drug-likeness (QED) is 0.568. The Morgan fingerprint density at radius 2 is 2.27 bits per heavy atom. The van der Waals surface area contributed by atoms with E-state index in [1.54, 1.807) is 6.07 Å². The highest BCUT2D eigenvalue weighted by Gasteiger charge is 2.04. The molecule has 0 aliphatic carbocycles. The summed E-state index contributed by atoms with van der Waals surface area (Å²) in [6.45, 7) is 3.14. The number of nitrogens with zero attached hydrogens (tertiary/aromatic N) is 2. The standard InChI is InChI=1S/C11H18N4/c1-3-4-8-15(2)10-7-5-6-9(14-10)11(12)13/h5-7H,3-4,8H2,1-2H3,(H3,12,13). The molecule has 0 radical (unpaired) electrons. The topological polar surface area (TPSA) is 66.0 Å². The second-order valence-corrected chi connectivity index (χ2v) is 3.57. The third kappa shape index (κ3) is 3.23.